The van der Waals surface area contributed by atoms with Crippen molar-refractivity contribution in [2.45, 2.75) is 26.4 Å². The number of pyridine rings is 1. The topological polar surface area (TPSA) is 111 Å². The molecule has 3 aromatic rings. The third-order valence-corrected chi connectivity index (χ3v) is 3.96. The Morgan fingerprint density at radius 1 is 1.25 bits per heavy atom. The molecule has 0 fully saturated rings. The minimum Gasteiger partial charge on any atom is -0.424 e. The van der Waals surface area contributed by atoms with Gasteiger partial charge in [-0.15, -0.1) is 0 Å². The molecule has 6 heteroatoms. The molecule has 0 radical (unpaired) electrons. The lowest BCUT2D eigenvalue weighted by Gasteiger charge is -2.15. The van der Waals surface area contributed by atoms with Crippen LogP contribution in [0.1, 0.15) is 19.4 Å². The third kappa shape index (κ3) is 2.61. The van der Waals surface area contributed by atoms with Crippen LogP contribution in [0.5, 0.6) is 5.75 Å². The van der Waals surface area contributed by atoms with Gasteiger partial charge in [0.2, 0.25) is 0 Å². The number of ether oxygens (including phenoxy) is 1. The maximum atomic E-state index is 11.9. The minimum atomic E-state index is -1.22. The lowest BCUT2D eigenvalue weighted by molar-refractivity contribution is -0.142. The number of benzene rings is 2. The van der Waals surface area contributed by atoms with Gasteiger partial charge in [-0.05, 0) is 43.2 Å². The molecule has 3 rings (SSSR count). The molecule has 24 heavy (non-hydrogen) atoms. The first kappa shape index (κ1) is 16.0. The SMILES string of the molecule is CCc1ccc2nc3cc(N)ccc3c(N)c2c1OC(=O)C(C)O. The highest BCUT2D eigenvalue weighted by atomic mass is 16.5. The lowest BCUT2D eigenvalue weighted by atomic mass is 10.0. The van der Waals surface area contributed by atoms with Crippen LogP contribution in [0, 0.1) is 0 Å². The van der Waals surface area contributed by atoms with Crippen LogP contribution in [0.4, 0.5) is 11.4 Å². The molecule has 0 aliphatic rings. The van der Waals surface area contributed by atoms with E-state index in [0.29, 0.717) is 40.0 Å². The van der Waals surface area contributed by atoms with E-state index in [0.717, 1.165) is 10.9 Å². The van der Waals surface area contributed by atoms with Crippen molar-refractivity contribution < 1.29 is 14.6 Å². The van der Waals surface area contributed by atoms with Crippen LogP contribution in [0.2, 0.25) is 0 Å². The highest BCUT2D eigenvalue weighted by Crippen LogP contribution is 2.38. The van der Waals surface area contributed by atoms with E-state index in [-0.39, 0.29) is 0 Å². The fourth-order valence-electron chi connectivity index (χ4n) is 2.68. The number of aryl methyl sites for hydroxylation is 1. The maximum absolute atomic E-state index is 11.9. The summed E-state index contributed by atoms with van der Waals surface area (Å²) in [6.07, 6.45) is -0.572. The second-order valence-corrected chi connectivity index (χ2v) is 5.70. The van der Waals surface area contributed by atoms with E-state index in [1.807, 2.05) is 19.1 Å². The van der Waals surface area contributed by atoms with Crippen LogP contribution in [-0.4, -0.2) is 22.2 Å². The standard InChI is InChI=1S/C18H19N3O3/c1-3-10-4-7-13-15(17(10)24-18(23)9(2)22)16(20)12-6-5-11(19)8-14(12)21-13/h4-9,22H,3,19H2,1-2H3,(H2,20,21). The number of aliphatic hydroxyl groups excluding tert-OH is 1. The number of nitrogens with zero attached hydrogens (tertiary/aromatic N) is 1. The van der Waals surface area contributed by atoms with Gasteiger partial charge in [-0.25, -0.2) is 9.78 Å². The summed E-state index contributed by atoms with van der Waals surface area (Å²) >= 11 is 0. The molecule has 0 amide bonds. The van der Waals surface area contributed by atoms with Crippen LogP contribution in [-0.2, 0) is 11.2 Å². The van der Waals surface area contributed by atoms with Crippen molar-refractivity contribution >= 4 is 39.1 Å². The van der Waals surface area contributed by atoms with E-state index in [9.17, 15) is 9.90 Å². The van der Waals surface area contributed by atoms with Crippen molar-refractivity contribution in [3.05, 3.63) is 35.9 Å². The Hall–Kier alpha value is -2.86. The molecule has 5 N–H and O–H groups in total. The van der Waals surface area contributed by atoms with Crippen LogP contribution < -0.4 is 16.2 Å². The Morgan fingerprint density at radius 3 is 2.67 bits per heavy atom. The van der Waals surface area contributed by atoms with E-state index in [1.165, 1.54) is 6.92 Å². The van der Waals surface area contributed by atoms with E-state index < -0.39 is 12.1 Å². The quantitative estimate of drug-likeness (QED) is 0.295. The van der Waals surface area contributed by atoms with Crippen LogP contribution in [0.15, 0.2) is 30.3 Å². The van der Waals surface area contributed by atoms with Crippen LogP contribution in [0.25, 0.3) is 21.8 Å². The average Bonchev–Trinajstić information content (AvgIpc) is 2.54. The van der Waals surface area contributed by atoms with E-state index in [2.05, 4.69) is 4.98 Å². The number of nitrogen functional groups attached to an aromatic ring is 2. The smallest absolute Gasteiger partial charge is 0.340 e. The summed E-state index contributed by atoms with van der Waals surface area (Å²) in [4.78, 5) is 16.5. The van der Waals surface area contributed by atoms with Crippen LogP contribution in [0.3, 0.4) is 0 Å². The molecule has 0 aliphatic carbocycles. The van der Waals surface area contributed by atoms with Gasteiger partial charge < -0.3 is 21.3 Å². The largest absolute Gasteiger partial charge is 0.424 e. The number of nitrogens with two attached hydrogens (primary N) is 2. The summed E-state index contributed by atoms with van der Waals surface area (Å²) in [5.74, 6) is -0.376. The van der Waals surface area contributed by atoms with Gasteiger partial charge in [0, 0.05) is 11.1 Å². The van der Waals surface area contributed by atoms with Crippen molar-refractivity contribution in [3.8, 4) is 5.75 Å². The Bertz CT molecular complexity index is 951. The summed E-state index contributed by atoms with van der Waals surface area (Å²) in [5, 5.41) is 10.8. The normalized spacial score (nSPS) is 12.5. The van der Waals surface area contributed by atoms with Crippen molar-refractivity contribution in [1.29, 1.82) is 0 Å². The van der Waals surface area contributed by atoms with Gasteiger partial charge in [-0.2, -0.15) is 0 Å². The van der Waals surface area contributed by atoms with Gasteiger partial charge in [0.05, 0.1) is 22.1 Å². The van der Waals surface area contributed by atoms with Gasteiger partial charge in [0.1, 0.15) is 11.9 Å². The number of carbonyl (C=O) groups is 1. The lowest BCUT2D eigenvalue weighted by Crippen LogP contribution is -2.23. The number of esters is 1. The number of hydrogen-bond acceptors (Lipinski definition) is 6. The Kier molecular flexibility index (Phi) is 3.99. The Morgan fingerprint density at radius 2 is 2.00 bits per heavy atom. The summed E-state index contributed by atoms with van der Waals surface area (Å²) in [6, 6.07) is 8.98. The number of aromatic nitrogens is 1. The summed E-state index contributed by atoms with van der Waals surface area (Å²) in [5.41, 5.74) is 15.3. The highest BCUT2D eigenvalue weighted by molar-refractivity contribution is 6.10. The molecule has 124 valence electrons. The van der Waals surface area contributed by atoms with Crippen LogP contribution >= 0.6 is 0 Å². The van der Waals surface area contributed by atoms with Gasteiger partial charge >= 0.3 is 5.97 Å². The van der Waals surface area contributed by atoms with Crippen molar-refractivity contribution in [3.63, 3.8) is 0 Å². The molecular formula is C18H19N3O3. The average molecular weight is 325 g/mol. The summed E-state index contributed by atoms with van der Waals surface area (Å²) < 4.78 is 5.43. The molecule has 2 aromatic carbocycles. The molecule has 1 heterocycles. The minimum absolute atomic E-state index is 0.352. The fourth-order valence-corrected chi connectivity index (χ4v) is 2.68. The number of aliphatic hydroxyl groups is 1. The maximum Gasteiger partial charge on any atom is 0.340 e. The predicted molar refractivity (Wildman–Crippen MR) is 94.8 cm³/mol. The molecule has 0 bridgehead atoms. The monoisotopic (exact) mass is 325 g/mol. The zero-order valence-corrected chi connectivity index (χ0v) is 13.5. The van der Waals surface area contributed by atoms with E-state index >= 15 is 0 Å². The molecule has 0 aliphatic heterocycles. The van der Waals surface area contributed by atoms with Gasteiger partial charge in [-0.3, -0.25) is 0 Å². The number of rotatable bonds is 3. The van der Waals surface area contributed by atoms with Crippen molar-refractivity contribution in [2.24, 2.45) is 0 Å². The van der Waals surface area contributed by atoms with E-state index in [1.54, 1.807) is 18.2 Å². The zero-order chi connectivity index (χ0) is 17.4. The molecular weight excluding hydrogens is 306 g/mol. The Labute approximate surface area is 139 Å². The molecule has 6 nitrogen and oxygen atoms in total. The second kappa shape index (κ2) is 5.98. The first-order valence-corrected chi connectivity index (χ1v) is 7.72. The highest BCUT2D eigenvalue weighted by Gasteiger charge is 2.19. The number of fused-ring (bicyclic) bond motifs is 2. The number of hydrogen-bond donors (Lipinski definition) is 3. The molecule has 1 unspecified atom stereocenters. The molecule has 0 saturated heterocycles. The molecule has 0 saturated carbocycles. The third-order valence-electron chi connectivity index (χ3n) is 3.96. The zero-order valence-electron chi connectivity index (χ0n) is 13.5. The summed E-state index contributed by atoms with van der Waals surface area (Å²) in [7, 11) is 0. The van der Waals surface area contributed by atoms with Gasteiger partial charge in [0.15, 0.2) is 0 Å². The molecule has 1 aromatic heterocycles. The number of carbonyl (C=O) groups excluding carboxylic acids is 1. The first-order chi connectivity index (χ1) is 11.4. The van der Waals surface area contributed by atoms with Crippen molar-refractivity contribution in [1.82, 2.24) is 4.98 Å². The summed E-state index contributed by atoms with van der Waals surface area (Å²) in [6.45, 7) is 3.31. The second-order valence-electron chi connectivity index (χ2n) is 5.70. The molecule has 0 spiro atoms. The molecule has 1 atom stereocenters. The van der Waals surface area contributed by atoms with Gasteiger partial charge in [0.25, 0.3) is 0 Å². The van der Waals surface area contributed by atoms with Crippen molar-refractivity contribution in [2.75, 3.05) is 11.5 Å². The fraction of sp³-hybridized carbons (Fsp3) is 0.222. The van der Waals surface area contributed by atoms with E-state index in [4.69, 9.17) is 16.2 Å². The van der Waals surface area contributed by atoms with Gasteiger partial charge in [-0.1, -0.05) is 13.0 Å². The number of anilines is 2. The predicted octanol–water partition coefficient (Wildman–Crippen LogP) is 2.40. The first-order valence-electron chi connectivity index (χ1n) is 7.72. The Balaban J connectivity index is 2.35.